The Hall–Kier alpha value is -2.57. The molecule has 1 rings (SSSR count). The minimum absolute atomic E-state index is 0.234. The van der Waals surface area contributed by atoms with Gasteiger partial charge in [0.05, 0.1) is 0 Å². The molecular formula is C29H49N3O4. The normalized spacial score (nSPS) is 13.5. The van der Waals surface area contributed by atoms with E-state index in [-0.39, 0.29) is 11.8 Å². The summed E-state index contributed by atoms with van der Waals surface area (Å²) in [5.74, 6) is -0.547. The summed E-state index contributed by atoms with van der Waals surface area (Å²) in [7, 11) is 0. The average Bonchev–Trinajstić information content (AvgIpc) is 2.72. The van der Waals surface area contributed by atoms with E-state index in [1.807, 2.05) is 52.8 Å². The Labute approximate surface area is 218 Å². The van der Waals surface area contributed by atoms with Crippen LogP contribution in [-0.4, -0.2) is 46.5 Å². The molecule has 2 N–H and O–H groups in total. The first-order valence-electron chi connectivity index (χ1n) is 13.3. The molecule has 0 spiro atoms. The second kappa shape index (κ2) is 13.7. The number of hydrogen-bond donors (Lipinski definition) is 2. The lowest BCUT2D eigenvalue weighted by molar-refractivity contribution is -0.142. The maximum atomic E-state index is 13.8. The van der Waals surface area contributed by atoms with E-state index in [2.05, 4.69) is 17.6 Å². The second-order valence-electron chi connectivity index (χ2n) is 11.7. The maximum Gasteiger partial charge on any atom is 0.408 e. The topological polar surface area (TPSA) is 87.7 Å². The molecule has 7 nitrogen and oxygen atoms in total. The van der Waals surface area contributed by atoms with E-state index in [0.29, 0.717) is 6.54 Å². The number of ether oxygens (including phenoxy) is 1. The summed E-state index contributed by atoms with van der Waals surface area (Å²) in [6.07, 6.45) is 4.41. The van der Waals surface area contributed by atoms with E-state index in [0.717, 1.165) is 48.8 Å². The molecule has 0 aliphatic heterocycles. The number of amides is 3. The van der Waals surface area contributed by atoms with Crippen LogP contribution in [0.4, 0.5) is 4.79 Å². The fourth-order valence-electron chi connectivity index (χ4n) is 4.01. The van der Waals surface area contributed by atoms with Crippen LogP contribution in [0.1, 0.15) is 110 Å². The van der Waals surface area contributed by atoms with Gasteiger partial charge in [-0.1, -0.05) is 50.8 Å². The molecule has 0 aromatic heterocycles. The van der Waals surface area contributed by atoms with Crippen LogP contribution in [0, 0.1) is 13.8 Å². The van der Waals surface area contributed by atoms with Crippen LogP contribution < -0.4 is 10.6 Å². The number of nitrogens with one attached hydrogen (secondary N) is 2. The zero-order valence-electron chi connectivity index (χ0n) is 24.2. The lowest BCUT2D eigenvalue weighted by Gasteiger charge is -2.36. The Morgan fingerprint density at radius 2 is 1.58 bits per heavy atom. The summed E-state index contributed by atoms with van der Waals surface area (Å²) in [5.41, 5.74) is 1.67. The van der Waals surface area contributed by atoms with Crippen molar-refractivity contribution in [2.24, 2.45) is 0 Å². The summed E-state index contributed by atoms with van der Waals surface area (Å²) in [4.78, 5) is 41.6. The van der Waals surface area contributed by atoms with Gasteiger partial charge < -0.3 is 20.3 Å². The van der Waals surface area contributed by atoms with Crippen molar-refractivity contribution >= 4 is 17.9 Å². The summed E-state index contributed by atoms with van der Waals surface area (Å²) >= 11 is 0. The lowest BCUT2D eigenvalue weighted by Crippen LogP contribution is -2.54. The highest BCUT2D eigenvalue weighted by Crippen LogP contribution is 2.28. The average molecular weight is 504 g/mol. The number of nitrogens with zero attached hydrogens (tertiary/aromatic N) is 1. The Kier molecular flexibility index (Phi) is 11.9. The molecule has 2 unspecified atom stereocenters. The van der Waals surface area contributed by atoms with Gasteiger partial charge >= 0.3 is 6.09 Å². The van der Waals surface area contributed by atoms with Crippen molar-refractivity contribution in [3.05, 3.63) is 34.9 Å². The molecule has 0 heterocycles. The van der Waals surface area contributed by atoms with Crippen molar-refractivity contribution in [2.45, 2.75) is 125 Å². The van der Waals surface area contributed by atoms with Gasteiger partial charge in [0, 0.05) is 12.1 Å². The largest absolute Gasteiger partial charge is 0.444 e. The molecule has 1 aromatic rings. The third-order valence-corrected chi connectivity index (χ3v) is 5.89. The summed E-state index contributed by atoms with van der Waals surface area (Å²) in [5, 5.41) is 5.74. The van der Waals surface area contributed by atoms with Crippen molar-refractivity contribution in [1.29, 1.82) is 0 Å². The fraction of sp³-hybridized carbons (Fsp3) is 0.690. The number of hydrogen-bond acceptors (Lipinski definition) is 4. The predicted molar refractivity (Wildman–Crippen MR) is 146 cm³/mol. The van der Waals surface area contributed by atoms with Crippen molar-refractivity contribution in [3.63, 3.8) is 0 Å². The van der Waals surface area contributed by atoms with Gasteiger partial charge in [0.25, 0.3) is 0 Å². The first kappa shape index (κ1) is 31.5. The Morgan fingerprint density at radius 1 is 0.972 bits per heavy atom. The van der Waals surface area contributed by atoms with E-state index in [1.54, 1.807) is 32.6 Å². The van der Waals surface area contributed by atoms with E-state index >= 15 is 0 Å². The van der Waals surface area contributed by atoms with E-state index in [4.69, 9.17) is 4.74 Å². The van der Waals surface area contributed by atoms with Crippen LogP contribution in [0.15, 0.2) is 18.2 Å². The zero-order chi connectivity index (χ0) is 27.7. The number of rotatable bonds is 11. The minimum atomic E-state index is -0.856. The molecule has 204 valence electrons. The monoisotopic (exact) mass is 503 g/mol. The Bertz CT molecular complexity index is 883. The highest BCUT2D eigenvalue weighted by atomic mass is 16.6. The zero-order valence-corrected chi connectivity index (χ0v) is 24.2. The molecular weight excluding hydrogens is 454 g/mol. The standard InChI is InChI=1S/C29H49N3O4/c1-11-12-13-14-15-19-32(26(34)22(4)30-27(35)36-29(8,9)10)24(25(33)31-28(5,6)7)23-18-16-17-20(2)21(23)3/h16-18,22,24H,11-15,19H2,1-10H3,(H,30,35)(H,31,33). The number of alkyl carbamates (subject to hydrolysis) is 1. The molecule has 0 radical (unpaired) electrons. The van der Waals surface area contributed by atoms with Crippen molar-refractivity contribution in [3.8, 4) is 0 Å². The highest BCUT2D eigenvalue weighted by Gasteiger charge is 2.36. The number of benzene rings is 1. The van der Waals surface area contributed by atoms with Crippen LogP contribution in [0.5, 0.6) is 0 Å². The number of carbonyl (C=O) groups is 3. The lowest BCUT2D eigenvalue weighted by atomic mass is 9.94. The van der Waals surface area contributed by atoms with Gasteiger partial charge in [0.2, 0.25) is 11.8 Å². The van der Waals surface area contributed by atoms with Crippen molar-refractivity contribution in [2.75, 3.05) is 6.54 Å². The van der Waals surface area contributed by atoms with Gasteiger partial charge in [-0.2, -0.15) is 0 Å². The Morgan fingerprint density at radius 3 is 2.14 bits per heavy atom. The molecule has 0 saturated carbocycles. The molecule has 36 heavy (non-hydrogen) atoms. The molecule has 0 saturated heterocycles. The van der Waals surface area contributed by atoms with E-state index in [1.165, 1.54) is 0 Å². The molecule has 2 atom stereocenters. The van der Waals surface area contributed by atoms with Gasteiger partial charge in [-0.15, -0.1) is 0 Å². The minimum Gasteiger partial charge on any atom is -0.444 e. The summed E-state index contributed by atoms with van der Waals surface area (Å²) in [6, 6.07) is 4.16. The van der Waals surface area contributed by atoms with Crippen molar-refractivity contribution in [1.82, 2.24) is 15.5 Å². The third-order valence-electron chi connectivity index (χ3n) is 5.89. The highest BCUT2D eigenvalue weighted by molar-refractivity contribution is 5.92. The van der Waals surface area contributed by atoms with Crippen LogP contribution >= 0.6 is 0 Å². The van der Waals surface area contributed by atoms with Crippen LogP contribution in [0.2, 0.25) is 0 Å². The number of carbonyl (C=O) groups excluding carboxylic acids is 3. The third kappa shape index (κ3) is 10.6. The van der Waals surface area contributed by atoms with Crippen molar-refractivity contribution < 1.29 is 19.1 Å². The van der Waals surface area contributed by atoms with Gasteiger partial charge in [-0.25, -0.2) is 4.79 Å². The maximum absolute atomic E-state index is 13.8. The fourth-order valence-corrected chi connectivity index (χ4v) is 4.01. The molecule has 1 aromatic carbocycles. The first-order chi connectivity index (χ1) is 16.6. The molecule has 0 bridgehead atoms. The van der Waals surface area contributed by atoms with Crippen LogP contribution in [0.25, 0.3) is 0 Å². The smallest absolute Gasteiger partial charge is 0.408 e. The van der Waals surface area contributed by atoms with Gasteiger partial charge in [-0.3, -0.25) is 9.59 Å². The second-order valence-corrected chi connectivity index (χ2v) is 11.7. The quantitative estimate of drug-likeness (QED) is 0.364. The SMILES string of the molecule is CCCCCCCN(C(=O)C(C)NC(=O)OC(C)(C)C)C(C(=O)NC(C)(C)C)c1cccc(C)c1C. The van der Waals surface area contributed by atoms with Gasteiger partial charge in [0.15, 0.2) is 0 Å². The van der Waals surface area contributed by atoms with Gasteiger partial charge in [0.1, 0.15) is 17.7 Å². The molecule has 0 fully saturated rings. The number of unbranched alkanes of at least 4 members (excludes halogenated alkanes) is 4. The summed E-state index contributed by atoms with van der Waals surface area (Å²) < 4.78 is 5.36. The molecule has 0 aliphatic carbocycles. The molecule has 0 aliphatic rings. The van der Waals surface area contributed by atoms with Crippen LogP contribution in [0.3, 0.4) is 0 Å². The predicted octanol–water partition coefficient (Wildman–Crippen LogP) is 5.97. The molecule has 7 heteroatoms. The Balaban J connectivity index is 3.41. The van der Waals surface area contributed by atoms with Gasteiger partial charge in [-0.05, 0) is 85.4 Å². The molecule has 3 amide bonds. The number of aryl methyl sites for hydroxylation is 1. The first-order valence-corrected chi connectivity index (χ1v) is 13.3. The van der Waals surface area contributed by atoms with E-state index in [9.17, 15) is 14.4 Å². The van der Waals surface area contributed by atoms with Crippen LogP contribution in [-0.2, 0) is 14.3 Å². The van der Waals surface area contributed by atoms with E-state index < -0.39 is 29.3 Å². The summed E-state index contributed by atoms with van der Waals surface area (Å²) in [6.45, 7) is 19.3.